The second-order valence-electron chi connectivity index (χ2n) is 3.97. The molecule has 19 heavy (non-hydrogen) atoms. The highest BCUT2D eigenvalue weighted by atomic mass is 16.5. The molecule has 106 valence electrons. The summed E-state index contributed by atoms with van der Waals surface area (Å²) in [6.07, 6.45) is 0.324. The number of carbonyl (C=O) groups is 1. The van der Waals surface area contributed by atoms with Crippen molar-refractivity contribution in [2.45, 2.75) is 19.9 Å². The number of benzene rings is 1. The van der Waals surface area contributed by atoms with Crippen LogP contribution in [0.25, 0.3) is 0 Å². The van der Waals surface area contributed by atoms with Crippen LogP contribution in [0.15, 0.2) is 24.3 Å². The van der Waals surface area contributed by atoms with E-state index in [1.54, 1.807) is 0 Å². The lowest BCUT2D eigenvalue weighted by atomic mass is 10.2. The maximum atomic E-state index is 11.7. The Kier molecular flexibility index (Phi) is 7.81. The topological polar surface area (TPSA) is 73.6 Å². The first-order valence-corrected chi connectivity index (χ1v) is 6.51. The van der Waals surface area contributed by atoms with Crippen LogP contribution in [0, 0.1) is 0 Å². The molecule has 0 fully saturated rings. The van der Waals surface area contributed by atoms with Crippen LogP contribution in [-0.4, -0.2) is 32.3 Å². The van der Waals surface area contributed by atoms with E-state index < -0.39 is 0 Å². The monoisotopic (exact) mass is 266 g/mol. The molecular weight excluding hydrogens is 244 g/mol. The molecule has 1 aromatic carbocycles. The van der Waals surface area contributed by atoms with Crippen molar-refractivity contribution < 1.29 is 14.3 Å². The minimum absolute atomic E-state index is 0.0719. The molecule has 0 unspecified atom stereocenters. The maximum absolute atomic E-state index is 11.7. The first-order valence-electron chi connectivity index (χ1n) is 6.51. The minimum atomic E-state index is -0.0719. The molecule has 0 heterocycles. The summed E-state index contributed by atoms with van der Waals surface area (Å²) in [5.41, 5.74) is 7.30. The molecule has 0 bridgehead atoms. The van der Waals surface area contributed by atoms with Crippen molar-refractivity contribution in [1.82, 2.24) is 0 Å². The molecule has 0 aliphatic heterocycles. The van der Waals surface area contributed by atoms with Crippen LogP contribution in [0.2, 0.25) is 0 Å². The molecule has 0 atom stereocenters. The van der Waals surface area contributed by atoms with E-state index in [9.17, 15) is 4.79 Å². The van der Waals surface area contributed by atoms with Gasteiger partial charge in [0.25, 0.3) is 0 Å². The lowest BCUT2D eigenvalue weighted by Crippen LogP contribution is -2.16. The van der Waals surface area contributed by atoms with E-state index in [0.717, 1.165) is 11.3 Å². The highest BCUT2D eigenvalue weighted by Gasteiger charge is 2.05. The van der Waals surface area contributed by atoms with Gasteiger partial charge >= 0.3 is 0 Å². The smallest absolute Gasteiger partial charge is 0.226 e. The van der Waals surface area contributed by atoms with Gasteiger partial charge in [0.05, 0.1) is 26.2 Å². The van der Waals surface area contributed by atoms with Crippen molar-refractivity contribution in [3.63, 3.8) is 0 Å². The van der Waals surface area contributed by atoms with Gasteiger partial charge in [0.2, 0.25) is 5.91 Å². The Morgan fingerprint density at radius 2 is 1.95 bits per heavy atom. The zero-order valence-electron chi connectivity index (χ0n) is 11.4. The second kappa shape index (κ2) is 9.49. The first-order chi connectivity index (χ1) is 9.27. The molecule has 0 aromatic heterocycles. The SMILES string of the molecule is CCOCCOCCC(=O)Nc1ccccc1CN. The van der Waals surface area contributed by atoms with Crippen molar-refractivity contribution in [3.05, 3.63) is 29.8 Å². The molecule has 0 aliphatic rings. The van der Waals surface area contributed by atoms with Gasteiger partial charge in [-0.1, -0.05) is 18.2 Å². The summed E-state index contributed by atoms with van der Waals surface area (Å²) in [5, 5.41) is 2.83. The predicted octanol–water partition coefficient (Wildman–Crippen LogP) is 1.53. The van der Waals surface area contributed by atoms with Crippen LogP contribution < -0.4 is 11.1 Å². The number of nitrogens with one attached hydrogen (secondary N) is 1. The predicted molar refractivity (Wildman–Crippen MR) is 74.9 cm³/mol. The van der Waals surface area contributed by atoms with Gasteiger partial charge in [-0.05, 0) is 18.6 Å². The van der Waals surface area contributed by atoms with E-state index in [2.05, 4.69) is 5.32 Å². The maximum Gasteiger partial charge on any atom is 0.226 e. The molecule has 0 spiro atoms. The highest BCUT2D eigenvalue weighted by molar-refractivity contribution is 5.91. The Hall–Kier alpha value is -1.43. The average molecular weight is 266 g/mol. The van der Waals surface area contributed by atoms with Crippen LogP contribution in [0.4, 0.5) is 5.69 Å². The Bertz CT molecular complexity index is 383. The minimum Gasteiger partial charge on any atom is -0.379 e. The van der Waals surface area contributed by atoms with Crippen LogP contribution in [0.1, 0.15) is 18.9 Å². The molecule has 5 nitrogen and oxygen atoms in total. The number of amides is 1. The fourth-order valence-corrected chi connectivity index (χ4v) is 1.56. The van der Waals surface area contributed by atoms with Gasteiger partial charge in [0.15, 0.2) is 0 Å². The van der Waals surface area contributed by atoms with Crippen LogP contribution in [0.3, 0.4) is 0 Å². The number of ether oxygens (including phenoxy) is 2. The zero-order chi connectivity index (χ0) is 13.9. The third-order valence-electron chi connectivity index (χ3n) is 2.56. The number of rotatable bonds is 9. The third kappa shape index (κ3) is 6.33. The third-order valence-corrected chi connectivity index (χ3v) is 2.56. The van der Waals surface area contributed by atoms with Crippen LogP contribution in [-0.2, 0) is 20.8 Å². The van der Waals surface area contributed by atoms with E-state index in [0.29, 0.717) is 39.4 Å². The molecule has 0 aliphatic carbocycles. The fraction of sp³-hybridized carbons (Fsp3) is 0.500. The largest absolute Gasteiger partial charge is 0.379 e. The molecule has 5 heteroatoms. The van der Waals surface area contributed by atoms with E-state index in [-0.39, 0.29) is 5.91 Å². The first kappa shape index (κ1) is 15.6. The van der Waals surface area contributed by atoms with E-state index >= 15 is 0 Å². The van der Waals surface area contributed by atoms with Crippen molar-refractivity contribution in [2.75, 3.05) is 31.7 Å². The average Bonchev–Trinajstić information content (AvgIpc) is 2.43. The second-order valence-corrected chi connectivity index (χ2v) is 3.97. The highest BCUT2D eigenvalue weighted by Crippen LogP contribution is 2.14. The normalized spacial score (nSPS) is 10.4. The lowest BCUT2D eigenvalue weighted by Gasteiger charge is -2.09. The van der Waals surface area contributed by atoms with Crippen molar-refractivity contribution in [1.29, 1.82) is 0 Å². The Morgan fingerprint density at radius 3 is 2.68 bits per heavy atom. The number of anilines is 1. The van der Waals surface area contributed by atoms with Gasteiger partial charge in [-0.15, -0.1) is 0 Å². The molecule has 1 rings (SSSR count). The summed E-state index contributed by atoms with van der Waals surface area (Å²) in [5.74, 6) is -0.0719. The molecule has 1 aromatic rings. The quantitative estimate of drug-likeness (QED) is 0.665. The lowest BCUT2D eigenvalue weighted by molar-refractivity contribution is -0.117. The number of hydrogen-bond acceptors (Lipinski definition) is 4. The van der Waals surface area contributed by atoms with Crippen molar-refractivity contribution in [2.24, 2.45) is 5.73 Å². The molecule has 1 amide bonds. The number of nitrogens with two attached hydrogens (primary N) is 1. The summed E-state index contributed by atoms with van der Waals surface area (Å²) >= 11 is 0. The number of hydrogen-bond donors (Lipinski definition) is 2. The van der Waals surface area contributed by atoms with E-state index in [1.165, 1.54) is 0 Å². The summed E-state index contributed by atoms with van der Waals surface area (Å²) in [6.45, 7) is 4.49. The molecular formula is C14H22N2O3. The number of carbonyl (C=O) groups excluding carboxylic acids is 1. The summed E-state index contributed by atoms with van der Waals surface area (Å²) < 4.78 is 10.4. The van der Waals surface area contributed by atoms with E-state index in [1.807, 2.05) is 31.2 Å². The van der Waals surface area contributed by atoms with Gasteiger partial charge in [-0.2, -0.15) is 0 Å². The number of para-hydroxylation sites is 1. The van der Waals surface area contributed by atoms with Gasteiger partial charge in [0.1, 0.15) is 0 Å². The van der Waals surface area contributed by atoms with E-state index in [4.69, 9.17) is 15.2 Å². The molecule has 3 N–H and O–H groups in total. The Labute approximate surface area is 114 Å². The zero-order valence-corrected chi connectivity index (χ0v) is 11.4. The Balaban J connectivity index is 2.23. The van der Waals surface area contributed by atoms with Crippen LogP contribution in [0.5, 0.6) is 0 Å². The summed E-state index contributed by atoms with van der Waals surface area (Å²) in [7, 11) is 0. The van der Waals surface area contributed by atoms with Crippen LogP contribution >= 0.6 is 0 Å². The van der Waals surface area contributed by atoms with Gasteiger partial charge in [-0.3, -0.25) is 4.79 Å². The van der Waals surface area contributed by atoms with Gasteiger partial charge in [-0.25, -0.2) is 0 Å². The molecule has 0 saturated heterocycles. The van der Waals surface area contributed by atoms with Gasteiger partial charge in [0, 0.05) is 18.8 Å². The Morgan fingerprint density at radius 1 is 1.21 bits per heavy atom. The standard InChI is InChI=1S/C14H22N2O3/c1-2-18-9-10-19-8-7-14(17)16-13-6-4-3-5-12(13)11-15/h3-6H,2,7-11,15H2,1H3,(H,16,17). The molecule has 0 radical (unpaired) electrons. The van der Waals surface area contributed by atoms with Crippen molar-refractivity contribution in [3.8, 4) is 0 Å². The molecule has 0 saturated carbocycles. The fourth-order valence-electron chi connectivity index (χ4n) is 1.56. The van der Waals surface area contributed by atoms with Crippen molar-refractivity contribution >= 4 is 11.6 Å². The summed E-state index contributed by atoms with van der Waals surface area (Å²) in [4.78, 5) is 11.7. The summed E-state index contributed by atoms with van der Waals surface area (Å²) in [6, 6.07) is 7.51. The van der Waals surface area contributed by atoms with Gasteiger partial charge < -0.3 is 20.5 Å².